The second-order valence-electron chi connectivity index (χ2n) is 10.7. The van der Waals surface area contributed by atoms with Crippen LogP contribution in [0.25, 0.3) is 20.7 Å². The van der Waals surface area contributed by atoms with E-state index >= 15 is 4.39 Å². The summed E-state index contributed by atoms with van der Waals surface area (Å²) >= 11 is 1.48. The van der Waals surface area contributed by atoms with Crippen molar-refractivity contribution in [1.29, 1.82) is 0 Å². The molecule has 232 valence electrons. The van der Waals surface area contributed by atoms with E-state index in [2.05, 4.69) is 10.3 Å². The number of benzene rings is 3. The van der Waals surface area contributed by atoms with E-state index in [1.54, 1.807) is 37.5 Å². The smallest absolute Gasteiger partial charge is 0.234 e. The van der Waals surface area contributed by atoms with Gasteiger partial charge in [0, 0.05) is 55.6 Å². The van der Waals surface area contributed by atoms with Gasteiger partial charge in [-0.3, -0.25) is 14.6 Å². The van der Waals surface area contributed by atoms with Gasteiger partial charge in [0.15, 0.2) is 11.6 Å². The fraction of sp³-hybridized carbons (Fsp3) is 0.206. The molecule has 0 aliphatic heterocycles. The third-order valence-electron chi connectivity index (χ3n) is 7.08. The highest BCUT2D eigenvalue weighted by atomic mass is 32.2. The van der Waals surface area contributed by atoms with Crippen LogP contribution in [0.3, 0.4) is 0 Å². The van der Waals surface area contributed by atoms with Crippen LogP contribution in [0, 0.1) is 5.82 Å². The van der Waals surface area contributed by atoms with Crippen LogP contribution in [0.5, 0.6) is 11.5 Å². The Bertz CT molecular complexity index is 1930. The minimum Gasteiger partial charge on any atom is -0.453 e. The molecule has 2 heterocycles. The molecule has 11 heteroatoms. The zero-order chi connectivity index (χ0) is 32.0. The minimum absolute atomic E-state index is 0.0151. The highest BCUT2D eigenvalue weighted by molar-refractivity contribution is 7.90. The zero-order valence-corrected chi connectivity index (χ0v) is 26.5. The molecule has 0 radical (unpaired) electrons. The number of sulfone groups is 1. The highest BCUT2D eigenvalue weighted by Crippen LogP contribution is 2.39. The maximum atomic E-state index is 15.1. The number of ether oxygens (including phenoxy) is 1. The number of carbonyl (C=O) groups is 2. The monoisotopic (exact) mass is 645 g/mol. The van der Waals surface area contributed by atoms with E-state index in [9.17, 15) is 18.0 Å². The number of rotatable bonds is 13. The number of amides is 1. The van der Waals surface area contributed by atoms with Gasteiger partial charge in [-0.05, 0) is 47.0 Å². The van der Waals surface area contributed by atoms with Crippen molar-refractivity contribution < 1.29 is 27.1 Å². The first-order chi connectivity index (χ1) is 21.6. The van der Waals surface area contributed by atoms with Crippen molar-refractivity contribution in [2.45, 2.75) is 19.4 Å². The van der Waals surface area contributed by atoms with Gasteiger partial charge in [0.2, 0.25) is 5.91 Å². The molecule has 0 spiro atoms. The van der Waals surface area contributed by atoms with Crippen molar-refractivity contribution in [3.8, 4) is 21.9 Å². The lowest BCUT2D eigenvalue weighted by atomic mass is 10.1. The number of hydrogen-bond donors (Lipinski definition) is 1. The van der Waals surface area contributed by atoms with Crippen molar-refractivity contribution in [2.75, 3.05) is 30.5 Å². The van der Waals surface area contributed by atoms with E-state index in [1.807, 2.05) is 48.5 Å². The molecule has 8 nitrogen and oxygen atoms in total. The number of aromatic nitrogens is 1. The molecule has 0 aliphatic carbocycles. The number of anilines is 1. The largest absolute Gasteiger partial charge is 0.453 e. The van der Waals surface area contributed by atoms with Crippen LogP contribution in [0.1, 0.15) is 17.5 Å². The molecular formula is C34H32FN3O5S2. The van der Waals surface area contributed by atoms with Gasteiger partial charge in [-0.25, -0.2) is 12.8 Å². The van der Waals surface area contributed by atoms with Gasteiger partial charge in [-0.1, -0.05) is 48.5 Å². The molecular weight excluding hydrogens is 614 g/mol. The van der Waals surface area contributed by atoms with Crippen LogP contribution in [-0.4, -0.2) is 50.7 Å². The molecule has 0 saturated carbocycles. The highest BCUT2D eigenvalue weighted by Gasteiger charge is 2.18. The van der Waals surface area contributed by atoms with Crippen molar-refractivity contribution in [3.63, 3.8) is 0 Å². The van der Waals surface area contributed by atoms with E-state index in [0.717, 1.165) is 20.7 Å². The lowest BCUT2D eigenvalue weighted by Crippen LogP contribution is -2.28. The summed E-state index contributed by atoms with van der Waals surface area (Å²) in [6, 6.07) is 25.0. The van der Waals surface area contributed by atoms with Crippen LogP contribution in [-0.2, 0) is 32.4 Å². The van der Waals surface area contributed by atoms with Crippen LogP contribution in [0.2, 0.25) is 0 Å². The van der Waals surface area contributed by atoms with Gasteiger partial charge < -0.3 is 15.0 Å². The van der Waals surface area contributed by atoms with Crippen molar-refractivity contribution in [3.05, 3.63) is 108 Å². The molecule has 0 bridgehead atoms. The van der Waals surface area contributed by atoms with Gasteiger partial charge >= 0.3 is 0 Å². The predicted molar refractivity (Wildman–Crippen MR) is 176 cm³/mol. The Hall–Kier alpha value is -4.45. The number of pyridine rings is 1. The van der Waals surface area contributed by atoms with Crippen molar-refractivity contribution in [1.82, 2.24) is 10.3 Å². The normalized spacial score (nSPS) is 11.4. The first-order valence-electron chi connectivity index (χ1n) is 14.2. The van der Waals surface area contributed by atoms with E-state index in [4.69, 9.17) is 4.74 Å². The van der Waals surface area contributed by atoms with Gasteiger partial charge in [0.05, 0.1) is 22.4 Å². The number of nitrogens with one attached hydrogen (secondary N) is 1. The van der Waals surface area contributed by atoms with Gasteiger partial charge in [0.1, 0.15) is 21.4 Å². The summed E-state index contributed by atoms with van der Waals surface area (Å²) in [4.78, 5) is 32.0. The average molecular weight is 646 g/mol. The summed E-state index contributed by atoms with van der Waals surface area (Å²) in [5.74, 6) is -0.696. The number of fused-ring (bicyclic) bond motifs is 1. The Morgan fingerprint density at radius 1 is 0.956 bits per heavy atom. The molecule has 1 N–H and O–H groups in total. The molecule has 3 aromatic carbocycles. The number of halogens is 1. The van der Waals surface area contributed by atoms with Gasteiger partial charge in [-0.2, -0.15) is 0 Å². The summed E-state index contributed by atoms with van der Waals surface area (Å²) in [6.07, 6.45) is 2.46. The summed E-state index contributed by atoms with van der Waals surface area (Å²) in [5, 5.41) is 3.14. The average Bonchev–Trinajstić information content (AvgIpc) is 3.46. The molecule has 2 aromatic heterocycles. The number of Topliss-reactive ketones (excluding diaryl/α,β-unsaturated/α-hetero) is 1. The summed E-state index contributed by atoms with van der Waals surface area (Å²) in [5.41, 5.74) is 3.87. The number of thiophene rings is 1. The van der Waals surface area contributed by atoms with E-state index < -0.39 is 15.7 Å². The lowest BCUT2D eigenvalue weighted by molar-refractivity contribution is -0.126. The first kappa shape index (κ1) is 32.0. The SMILES string of the molecule is CN(C(=O)CC(=O)Cc1ccc(Oc2ccnc3cc(-c4ccc(CNCCS(C)(=O)=O)cc4)sc23)c(F)c1)c1ccccc1. The fourth-order valence-corrected chi connectivity index (χ4v) is 6.23. The number of ketones is 1. The van der Waals surface area contributed by atoms with Crippen LogP contribution in [0.15, 0.2) is 91.1 Å². The second-order valence-corrected chi connectivity index (χ2v) is 14.0. The lowest BCUT2D eigenvalue weighted by Gasteiger charge is -2.16. The van der Waals surface area contributed by atoms with E-state index in [-0.39, 0.29) is 36.0 Å². The van der Waals surface area contributed by atoms with Crippen LogP contribution < -0.4 is 15.0 Å². The Morgan fingerprint density at radius 3 is 2.40 bits per heavy atom. The third-order valence-corrected chi connectivity index (χ3v) is 9.21. The van der Waals surface area contributed by atoms with E-state index in [0.29, 0.717) is 35.6 Å². The van der Waals surface area contributed by atoms with Gasteiger partial charge in [0.25, 0.3) is 0 Å². The first-order valence-corrected chi connectivity index (χ1v) is 17.1. The predicted octanol–water partition coefficient (Wildman–Crippen LogP) is 6.19. The number of hydrogen-bond acceptors (Lipinski definition) is 8. The minimum atomic E-state index is -3.00. The molecule has 0 unspecified atom stereocenters. The Balaban J connectivity index is 1.22. The molecule has 0 fully saturated rings. The maximum absolute atomic E-state index is 15.1. The van der Waals surface area contributed by atoms with Crippen molar-refractivity contribution in [2.24, 2.45) is 0 Å². The zero-order valence-electron chi connectivity index (χ0n) is 24.8. The molecule has 5 rings (SSSR count). The number of carbonyl (C=O) groups excluding carboxylic acids is 2. The maximum Gasteiger partial charge on any atom is 0.234 e. The molecule has 0 atom stereocenters. The number of nitrogens with zero attached hydrogens (tertiary/aromatic N) is 2. The Labute approximate surface area is 265 Å². The molecule has 5 aromatic rings. The molecule has 0 aliphatic rings. The standard InChI is InChI=1S/C34H32FN3O5S2/c1-38(26-6-4-3-5-7-26)33(40)20-27(39)18-24-10-13-30(28(35)19-24)43-31-14-15-37-29-21-32(44-34(29)31)25-11-8-23(9-12-25)22-36-16-17-45(2,41)42/h3-15,19,21,36H,16-18,20,22H2,1-2H3. The summed E-state index contributed by atoms with van der Waals surface area (Å²) in [7, 11) is -1.39. The molecule has 1 amide bonds. The Kier molecular flexibility index (Phi) is 10.0. The van der Waals surface area contributed by atoms with Crippen LogP contribution in [0.4, 0.5) is 10.1 Å². The Morgan fingerprint density at radius 2 is 1.69 bits per heavy atom. The molecule has 0 saturated heterocycles. The van der Waals surface area contributed by atoms with Gasteiger partial charge in [-0.15, -0.1) is 11.3 Å². The fourth-order valence-electron chi connectivity index (χ4n) is 4.64. The number of para-hydroxylation sites is 1. The second kappa shape index (κ2) is 14.1. The van der Waals surface area contributed by atoms with Crippen molar-refractivity contribution >= 4 is 48.8 Å². The topological polar surface area (TPSA) is 106 Å². The summed E-state index contributed by atoms with van der Waals surface area (Å²) < 4.78 is 44.4. The summed E-state index contributed by atoms with van der Waals surface area (Å²) in [6.45, 7) is 0.949. The third kappa shape index (κ3) is 8.59. The van der Waals surface area contributed by atoms with E-state index in [1.165, 1.54) is 34.6 Å². The quantitative estimate of drug-likeness (QED) is 0.120. The van der Waals surface area contributed by atoms with Crippen LogP contribution >= 0.6 is 11.3 Å². The molecule has 45 heavy (non-hydrogen) atoms.